The lowest BCUT2D eigenvalue weighted by Crippen LogP contribution is -2.27. The third-order valence-electron chi connectivity index (χ3n) is 1.78. The molecule has 0 aliphatic carbocycles. The van der Waals surface area contributed by atoms with E-state index in [2.05, 4.69) is 4.74 Å². The maximum Gasteiger partial charge on any atom is 0.573 e. The summed E-state index contributed by atoms with van der Waals surface area (Å²) in [5.41, 5.74) is -5.49. The molecule has 0 radical (unpaired) electrons. The monoisotopic (exact) mass is 291 g/mol. The first-order chi connectivity index (χ1) is 8.43. The molecule has 0 unspecified atom stereocenters. The molecule has 0 spiro atoms. The Morgan fingerprint density at radius 3 is 2.11 bits per heavy atom. The van der Waals surface area contributed by atoms with Gasteiger partial charge in [-0.2, -0.15) is 13.2 Å². The number of rotatable bonds is 2. The quantitative estimate of drug-likeness (QED) is 0.817. The highest BCUT2D eigenvalue weighted by Crippen LogP contribution is 2.38. The standard InChI is InChI=1S/C8H3F6NO4/c9-7(10,11)2-1-15-5(16)3(6(17)18)4(2)19-8(12,13)14/h1H,(H,15,16)(H,17,18). The molecule has 0 aliphatic rings. The summed E-state index contributed by atoms with van der Waals surface area (Å²) in [5.74, 6) is -4.39. The first kappa shape index (κ1) is 14.9. The van der Waals surface area contributed by atoms with E-state index >= 15 is 0 Å². The number of nitrogens with one attached hydrogen (secondary N) is 1. The van der Waals surface area contributed by atoms with Gasteiger partial charge in [0, 0.05) is 6.20 Å². The van der Waals surface area contributed by atoms with E-state index in [0.717, 1.165) is 0 Å². The Balaban J connectivity index is 3.64. The van der Waals surface area contributed by atoms with Crippen LogP contribution in [0.4, 0.5) is 26.3 Å². The summed E-state index contributed by atoms with van der Waals surface area (Å²) in [7, 11) is 0. The van der Waals surface area contributed by atoms with Gasteiger partial charge in [0.25, 0.3) is 5.56 Å². The highest BCUT2D eigenvalue weighted by molar-refractivity contribution is 5.91. The van der Waals surface area contributed by atoms with Gasteiger partial charge in [-0.1, -0.05) is 0 Å². The molecule has 1 aromatic heterocycles. The second-order valence-electron chi connectivity index (χ2n) is 3.09. The van der Waals surface area contributed by atoms with Gasteiger partial charge in [0.1, 0.15) is 5.56 Å². The van der Waals surface area contributed by atoms with Crippen LogP contribution in [0.15, 0.2) is 11.0 Å². The van der Waals surface area contributed by atoms with Gasteiger partial charge in [0.2, 0.25) is 0 Å². The summed E-state index contributed by atoms with van der Waals surface area (Å²) in [4.78, 5) is 22.9. The number of pyridine rings is 1. The molecule has 1 heterocycles. The van der Waals surface area contributed by atoms with Crippen LogP contribution < -0.4 is 10.3 Å². The number of H-pyrrole nitrogens is 1. The average Bonchev–Trinajstić information content (AvgIpc) is 2.11. The summed E-state index contributed by atoms with van der Waals surface area (Å²) in [5, 5.41) is 8.50. The number of carboxylic acid groups (broad SMARTS) is 1. The van der Waals surface area contributed by atoms with Gasteiger partial charge in [0.05, 0.1) is 0 Å². The Bertz CT molecular complexity index is 558. The molecular weight excluding hydrogens is 288 g/mol. The maximum absolute atomic E-state index is 12.4. The Kier molecular flexibility index (Phi) is 3.50. The first-order valence-electron chi connectivity index (χ1n) is 4.25. The van der Waals surface area contributed by atoms with Crippen LogP contribution in [0.1, 0.15) is 15.9 Å². The predicted molar refractivity (Wildman–Crippen MR) is 45.7 cm³/mol. The zero-order valence-electron chi connectivity index (χ0n) is 8.52. The molecule has 0 aromatic carbocycles. The highest BCUT2D eigenvalue weighted by atomic mass is 19.4. The van der Waals surface area contributed by atoms with Gasteiger partial charge < -0.3 is 14.8 Å². The summed E-state index contributed by atoms with van der Waals surface area (Å²) in [6.07, 6.45) is -11.0. The number of hydrogen-bond donors (Lipinski definition) is 2. The van der Waals surface area contributed by atoms with E-state index in [9.17, 15) is 35.9 Å². The van der Waals surface area contributed by atoms with Crippen LogP contribution in [0.5, 0.6) is 5.75 Å². The largest absolute Gasteiger partial charge is 0.573 e. The molecule has 1 aromatic rings. The number of halogens is 6. The molecule has 2 N–H and O–H groups in total. The van der Waals surface area contributed by atoms with E-state index in [1.165, 1.54) is 4.98 Å². The van der Waals surface area contributed by atoms with Crippen molar-refractivity contribution in [1.29, 1.82) is 0 Å². The third-order valence-corrected chi connectivity index (χ3v) is 1.78. The van der Waals surface area contributed by atoms with Crippen LogP contribution in [0.2, 0.25) is 0 Å². The number of ether oxygens (including phenoxy) is 1. The Morgan fingerprint density at radius 2 is 1.74 bits per heavy atom. The number of carboxylic acids is 1. The van der Waals surface area contributed by atoms with E-state index < -0.39 is 40.9 Å². The smallest absolute Gasteiger partial charge is 0.477 e. The fourth-order valence-corrected chi connectivity index (χ4v) is 1.14. The lowest BCUT2D eigenvalue weighted by atomic mass is 10.1. The minimum absolute atomic E-state index is 0.101. The molecule has 0 aliphatic heterocycles. The van der Waals surface area contributed by atoms with Crippen molar-refractivity contribution in [2.24, 2.45) is 0 Å². The molecule has 11 heteroatoms. The number of hydrogen-bond acceptors (Lipinski definition) is 3. The zero-order chi connectivity index (χ0) is 15.0. The molecule has 0 bridgehead atoms. The van der Waals surface area contributed by atoms with Crippen LogP contribution in [-0.4, -0.2) is 22.4 Å². The topological polar surface area (TPSA) is 79.4 Å². The van der Waals surface area contributed by atoms with E-state index in [1.807, 2.05) is 0 Å². The second-order valence-corrected chi connectivity index (χ2v) is 3.09. The van der Waals surface area contributed by atoms with E-state index in [1.54, 1.807) is 0 Å². The molecular formula is C8H3F6NO4. The van der Waals surface area contributed by atoms with Gasteiger partial charge in [0.15, 0.2) is 11.3 Å². The van der Waals surface area contributed by atoms with Crippen molar-refractivity contribution in [2.45, 2.75) is 12.5 Å². The Morgan fingerprint density at radius 1 is 1.21 bits per heavy atom. The van der Waals surface area contributed by atoms with Crippen LogP contribution >= 0.6 is 0 Å². The molecule has 0 fully saturated rings. The van der Waals surface area contributed by atoms with Crippen LogP contribution in [-0.2, 0) is 6.18 Å². The van der Waals surface area contributed by atoms with Crippen molar-refractivity contribution in [2.75, 3.05) is 0 Å². The molecule has 19 heavy (non-hydrogen) atoms. The Labute approximate surface area is 99.0 Å². The summed E-state index contributed by atoms with van der Waals surface area (Å²) in [6.45, 7) is 0. The third kappa shape index (κ3) is 3.39. The minimum atomic E-state index is -5.59. The molecule has 0 saturated carbocycles. The number of aromatic amines is 1. The van der Waals surface area contributed by atoms with Gasteiger partial charge in [-0.05, 0) is 0 Å². The average molecular weight is 291 g/mol. The predicted octanol–water partition coefficient (Wildman–Crippen LogP) is 1.99. The van der Waals surface area contributed by atoms with Crippen molar-refractivity contribution in [3.63, 3.8) is 0 Å². The number of alkyl halides is 6. The van der Waals surface area contributed by atoms with Crippen LogP contribution in [0.3, 0.4) is 0 Å². The van der Waals surface area contributed by atoms with E-state index in [0.29, 0.717) is 0 Å². The van der Waals surface area contributed by atoms with Gasteiger partial charge in [-0.25, -0.2) is 4.79 Å². The lowest BCUT2D eigenvalue weighted by molar-refractivity contribution is -0.276. The fraction of sp³-hybridized carbons (Fsp3) is 0.250. The van der Waals surface area contributed by atoms with Gasteiger partial charge >= 0.3 is 18.5 Å². The van der Waals surface area contributed by atoms with Crippen molar-refractivity contribution >= 4 is 5.97 Å². The SMILES string of the molecule is O=C(O)c1c(OC(F)(F)F)c(C(F)(F)F)c[nH]c1=O. The van der Waals surface area contributed by atoms with E-state index in [-0.39, 0.29) is 6.20 Å². The maximum atomic E-state index is 12.4. The number of aromatic nitrogens is 1. The summed E-state index contributed by atoms with van der Waals surface area (Å²) < 4.78 is 76.3. The summed E-state index contributed by atoms with van der Waals surface area (Å²) >= 11 is 0. The van der Waals surface area contributed by atoms with Crippen LogP contribution in [0.25, 0.3) is 0 Å². The molecule has 0 saturated heterocycles. The molecule has 0 atom stereocenters. The van der Waals surface area contributed by atoms with Crippen LogP contribution in [0, 0.1) is 0 Å². The van der Waals surface area contributed by atoms with Gasteiger partial charge in [-0.15, -0.1) is 13.2 Å². The second kappa shape index (κ2) is 4.48. The molecule has 0 amide bonds. The van der Waals surface area contributed by atoms with E-state index in [4.69, 9.17) is 5.11 Å². The number of carbonyl (C=O) groups is 1. The van der Waals surface area contributed by atoms with Crippen molar-refractivity contribution in [3.05, 3.63) is 27.7 Å². The molecule has 1 rings (SSSR count). The Hall–Kier alpha value is -2.20. The zero-order valence-corrected chi connectivity index (χ0v) is 8.52. The fourth-order valence-electron chi connectivity index (χ4n) is 1.14. The van der Waals surface area contributed by atoms with Gasteiger partial charge in [-0.3, -0.25) is 4.79 Å². The molecule has 106 valence electrons. The molecule has 5 nitrogen and oxygen atoms in total. The van der Waals surface area contributed by atoms with Crippen molar-refractivity contribution in [1.82, 2.24) is 4.98 Å². The number of aromatic carboxylic acids is 1. The normalized spacial score (nSPS) is 12.3. The minimum Gasteiger partial charge on any atom is -0.477 e. The summed E-state index contributed by atoms with van der Waals surface area (Å²) in [6, 6.07) is 0. The lowest BCUT2D eigenvalue weighted by Gasteiger charge is -2.16. The highest BCUT2D eigenvalue weighted by Gasteiger charge is 2.42. The first-order valence-corrected chi connectivity index (χ1v) is 4.25. The van der Waals surface area contributed by atoms with Crippen molar-refractivity contribution < 1.29 is 41.0 Å². The van der Waals surface area contributed by atoms with Crippen molar-refractivity contribution in [3.8, 4) is 5.75 Å².